The molecule has 27 heavy (non-hydrogen) atoms. The standard InChI is InChI=1S/C17H21F2N7O/c1-5-25(9-15-10(3)23-27-24-15)17-21-13(7-14(22-17)16(18)19)12-8-20-26(6-2)11(12)4/h7-8,16H,5-6,9H2,1-4H3. The van der Waals surface area contributed by atoms with Crippen molar-refractivity contribution in [2.24, 2.45) is 0 Å². The number of aryl methyl sites for hydroxylation is 2. The van der Waals surface area contributed by atoms with E-state index in [0.717, 1.165) is 5.69 Å². The third-order valence-corrected chi connectivity index (χ3v) is 4.39. The molecule has 0 unspecified atom stereocenters. The van der Waals surface area contributed by atoms with Crippen molar-refractivity contribution >= 4 is 5.95 Å². The molecule has 144 valence electrons. The van der Waals surface area contributed by atoms with Crippen LogP contribution in [0, 0.1) is 13.8 Å². The lowest BCUT2D eigenvalue weighted by Crippen LogP contribution is -2.25. The van der Waals surface area contributed by atoms with Gasteiger partial charge < -0.3 is 4.90 Å². The molecule has 0 saturated heterocycles. The molecule has 0 N–H and O–H groups in total. The molecule has 0 spiro atoms. The van der Waals surface area contributed by atoms with E-state index in [9.17, 15) is 8.78 Å². The summed E-state index contributed by atoms with van der Waals surface area (Å²) in [6.07, 6.45) is -1.07. The van der Waals surface area contributed by atoms with Crippen LogP contribution in [0.3, 0.4) is 0 Å². The van der Waals surface area contributed by atoms with Crippen molar-refractivity contribution in [2.75, 3.05) is 11.4 Å². The first-order valence-electron chi connectivity index (χ1n) is 8.67. The van der Waals surface area contributed by atoms with Gasteiger partial charge in [-0.25, -0.2) is 23.4 Å². The van der Waals surface area contributed by atoms with Crippen molar-refractivity contribution < 1.29 is 13.4 Å². The van der Waals surface area contributed by atoms with Crippen LogP contribution in [-0.4, -0.2) is 36.6 Å². The van der Waals surface area contributed by atoms with E-state index in [1.54, 1.807) is 22.7 Å². The molecule has 0 aliphatic heterocycles. The summed E-state index contributed by atoms with van der Waals surface area (Å²) in [7, 11) is 0. The topological polar surface area (TPSA) is 85.8 Å². The van der Waals surface area contributed by atoms with Crippen LogP contribution in [0.25, 0.3) is 11.3 Å². The minimum absolute atomic E-state index is 0.205. The fourth-order valence-electron chi connectivity index (χ4n) is 2.76. The van der Waals surface area contributed by atoms with E-state index in [1.165, 1.54) is 6.07 Å². The molecule has 10 heteroatoms. The second-order valence-electron chi connectivity index (χ2n) is 6.05. The van der Waals surface area contributed by atoms with Crippen molar-refractivity contribution in [3.05, 3.63) is 35.0 Å². The smallest absolute Gasteiger partial charge is 0.280 e. The van der Waals surface area contributed by atoms with Gasteiger partial charge in [-0.3, -0.25) is 4.68 Å². The summed E-state index contributed by atoms with van der Waals surface area (Å²) in [5.74, 6) is 0.205. The summed E-state index contributed by atoms with van der Waals surface area (Å²) in [6, 6.07) is 1.31. The van der Waals surface area contributed by atoms with Crippen molar-refractivity contribution in [3.63, 3.8) is 0 Å². The maximum atomic E-state index is 13.5. The molecule has 0 aromatic carbocycles. The number of hydrogen-bond acceptors (Lipinski definition) is 7. The maximum Gasteiger partial charge on any atom is 0.280 e. The van der Waals surface area contributed by atoms with E-state index in [1.807, 2.05) is 20.8 Å². The van der Waals surface area contributed by atoms with E-state index >= 15 is 0 Å². The van der Waals surface area contributed by atoms with Crippen LogP contribution in [0.1, 0.15) is 43.0 Å². The molecular weight excluding hydrogens is 356 g/mol. The summed E-state index contributed by atoms with van der Waals surface area (Å²) in [4.78, 5) is 10.3. The molecule has 8 nitrogen and oxygen atoms in total. The van der Waals surface area contributed by atoms with E-state index < -0.39 is 6.43 Å². The Bertz CT molecular complexity index is 922. The Morgan fingerprint density at radius 1 is 1.19 bits per heavy atom. The molecule has 0 fully saturated rings. The average molecular weight is 377 g/mol. The number of rotatable bonds is 7. The number of aromatic nitrogens is 6. The van der Waals surface area contributed by atoms with Crippen molar-refractivity contribution in [1.29, 1.82) is 0 Å². The highest BCUT2D eigenvalue weighted by atomic mass is 19.3. The van der Waals surface area contributed by atoms with Gasteiger partial charge in [0.2, 0.25) is 5.95 Å². The Balaban J connectivity index is 2.04. The fourth-order valence-corrected chi connectivity index (χ4v) is 2.76. The van der Waals surface area contributed by atoms with Crippen molar-refractivity contribution in [3.8, 4) is 11.3 Å². The number of hydrogen-bond donors (Lipinski definition) is 0. The maximum absolute atomic E-state index is 13.5. The lowest BCUT2D eigenvalue weighted by molar-refractivity contribution is 0.146. The Kier molecular flexibility index (Phi) is 5.43. The molecule has 0 radical (unpaired) electrons. The third-order valence-electron chi connectivity index (χ3n) is 4.39. The number of alkyl halides is 2. The van der Waals surface area contributed by atoms with E-state index in [2.05, 4.69) is 25.4 Å². The molecule has 0 atom stereocenters. The molecule has 0 bridgehead atoms. The number of anilines is 1. The Hall–Kier alpha value is -2.91. The number of halogens is 2. The normalized spacial score (nSPS) is 11.4. The fraction of sp³-hybridized carbons (Fsp3) is 0.471. The van der Waals surface area contributed by atoms with Gasteiger partial charge in [-0.15, -0.1) is 0 Å². The summed E-state index contributed by atoms with van der Waals surface area (Å²) in [6.45, 7) is 9.01. The van der Waals surface area contributed by atoms with Gasteiger partial charge >= 0.3 is 0 Å². The van der Waals surface area contributed by atoms with Crippen LogP contribution in [0.2, 0.25) is 0 Å². The molecule has 0 amide bonds. The SMILES string of the molecule is CCN(Cc1nonc1C)c1nc(-c2cnn(CC)c2C)cc(C(F)F)n1. The zero-order valence-electron chi connectivity index (χ0n) is 15.6. The van der Waals surface area contributed by atoms with Gasteiger partial charge in [0.25, 0.3) is 6.43 Å². The van der Waals surface area contributed by atoms with Gasteiger partial charge in [0.05, 0.1) is 18.4 Å². The zero-order valence-corrected chi connectivity index (χ0v) is 15.6. The Morgan fingerprint density at radius 2 is 1.96 bits per heavy atom. The molecule has 0 aliphatic rings. The summed E-state index contributed by atoms with van der Waals surface area (Å²) in [5, 5.41) is 11.9. The van der Waals surface area contributed by atoms with Crippen LogP contribution in [0.5, 0.6) is 0 Å². The molecule has 3 aromatic heterocycles. The highest BCUT2D eigenvalue weighted by Crippen LogP contribution is 2.28. The zero-order chi connectivity index (χ0) is 19.6. The summed E-state index contributed by atoms with van der Waals surface area (Å²) < 4.78 is 33.4. The predicted molar refractivity (Wildman–Crippen MR) is 94.4 cm³/mol. The second-order valence-corrected chi connectivity index (χ2v) is 6.05. The predicted octanol–water partition coefficient (Wildman–Crippen LogP) is 3.32. The van der Waals surface area contributed by atoms with Crippen LogP contribution < -0.4 is 4.90 Å². The van der Waals surface area contributed by atoms with Crippen LogP contribution >= 0.6 is 0 Å². The van der Waals surface area contributed by atoms with E-state index in [0.29, 0.717) is 42.3 Å². The molecule has 3 aromatic rings. The minimum Gasteiger partial charge on any atom is -0.335 e. The van der Waals surface area contributed by atoms with Crippen molar-refractivity contribution in [2.45, 2.75) is 47.2 Å². The van der Waals surface area contributed by atoms with Gasteiger partial charge in [-0.1, -0.05) is 10.3 Å². The monoisotopic (exact) mass is 377 g/mol. The Labute approximate surface area is 155 Å². The highest BCUT2D eigenvalue weighted by Gasteiger charge is 2.20. The van der Waals surface area contributed by atoms with E-state index in [-0.39, 0.29) is 11.6 Å². The Morgan fingerprint density at radius 3 is 2.52 bits per heavy atom. The largest absolute Gasteiger partial charge is 0.335 e. The highest BCUT2D eigenvalue weighted by molar-refractivity contribution is 5.63. The molecule has 0 aliphatic carbocycles. The molecule has 3 rings (SSSR count). The molecule has 3 heterocycles. The quantitative estimate of drug-likeness (QED) is 0.624. The second kappa shape index (κ2) is 7.77. The van der Waals surface area contributed by atoms with Gasteiger partial charge in [0, 0.05) is 24.3 Å². The van der Waals surface area contributed by atoms with E-state index in [4.69, 9.17) is 4.63 Å². The van der Waals surface area contributed by atoms with Crippen LogP contribution in [0.4, 0.5) is 14.7 Å². The lowest BCUT2D eigenvalue weighted by atomic mass is 10.1. The molecular formula is C17H21F2N7O. The summed E-state index contributed by atoms with van der Waals surface area (Å²) in [5.41, 5.74) is 2.91. The number of nitrogens with zero attached hydrogens (tertiary/aromatic N) is 7. The van der Waals surface area contributed by atoms with Gasteiger partial charge in [0.1, 0.15) is 17.1 Å². The first-order chi connectivity index (χ1) is 12.9. The van der Waals surface area contributed by atoms with Gasteiger partial charge in [0.15, 0.2) is 0 Å². The molecule has 0 saturated carbocycles. The first kappa shape index (κ1) is 18.9. The van der Waals surface area contributed by atoms with Gasteiger partial charge in [-0.05, 0) is 33.8 Å². The van der Waals surface area contributed by atoms with Crippen LogP contribution in [0.15, 0.2) is 16.9 Å². The van der Waals surface area contributed by atoms with Crippen LogP contribution in [-0.2, 0) is 13.1 Å². The minimum atomic E-state index is -2.71. The average Bonchev–Trinajstić information content (AvgIpc) is 3.24. The third kappa shape index (κ3) is 3.79. The van der Waals surface area contributed by atoms with Gasteiger partial charge in [-0.2, -0.15) is 5.10 Å². The summed E-state index contributed by atoms with van der Waals surface area (Å²) >= 11 is 0. The van der Waals surface area contributed by atoms with Crippen molar-refractivity contribution in [1.82, 2.24) is 30.1 Å². The first-order valence-corrected chi connectivity index (χ1v) is 8.67. The lowest BCUT2D eigenvalue weighted by Gasteiger charge is -2.21.